The summed E-state index contributed by atoms with van der Waals surface area (Å²) in [4.78, 5) is 31.5. The highest BCUT2D eigenvalue weighted by molar-refractivity contribution is 5.93. The molecule has 0 aromatic carbocycles. The summed E-state index contributed by atoms with van der Waals surface area (Å²) in [6.45, 7) is 3.63. The van der Waals surface area contributed by atoms with Gasteiger partial charge in [0.15, 0.2) is 6.39 Å². The smallest absolute Gasteiger partial charge is 0.291 e. The summed E-state index contributed by atoms with van der Waals surface area (Å²) in [5.74, 6) is -4.06. The average Bonchev–Trinajstić information content (AvgIpc) is 3.02. The largest absolute Gasteiger partial charge is 0.438 e. The molecule has 126 valence electrons. The van der Waals surface area contributed by atoms with Crippen LogP contribution in [-0.4, -0.2) is 58.7 Å². The van der Waals surface area contributed by atoms with Gasteiger partial charge in [-0.3, -0.25) is 9.59 Å². The van der Waals surface area contributed by atoms with Crippen LogP contribution >= 0.6 is 0 Å². The fourth-order valence-electron chi connectivity index (χ4n) is 3.61. The molecular formula is C15H19F2N3O3. The maximum atomic E-state index is 14.2. The predicted molar refractivity (Wildman–Crippen MR) is 76.0 cm³/mol. The molecule has 1 unspecified atom stereocenters. The van der Waals surface area contributed by atoms with Crippen LogP contribution in [0.4, 0.5) is 8.78 Å². The molecule has 2 aliphatic rings. The molecule has 2 fully saturated rings. The number of nitrogens with zero attached hydrogens (tertiary/aromatic N) is 3. The van der Waals surface area contributed by atoms with Crippen LogP contribution in [0, 0.1) is 12.3 Å². The monoisotopic (exact) mass is 327 g/mol. The van der Waals surface area contributed by atoms with Gasteiger partial charge in [0.05, 0.1) is 17.7 Å². The van der Waals surface area contributed by atoms with E-state index in [1.807, 2.05) is 6.92 Å². The molecule has 6 nitrogen and oxygen atoms in total. The fourth-order valence-corrected chi connectivity index (χ4v) is 3.61. The molecule has 8 heteroatoms. The number of hydrogen-bond donors (Lipinski definition) is 0. The Labute approximate surface area is 132 Å². The van der Waals surface area contributed by atoms with Crippen LogP contribution in [-0.2, 0) is 4.79 Å². The summed E-state index contributed by atoms with van der Waals surface area (Å²) in [5.41, 5.74) is -0.840. The van der Waals surface area contributed by atoms with Gasteiger partial charge in [-0.25, -0.2) is 13.8 Å². The van der Waals surface area contributed by atoms with Gasteiger partial charge >= 0.3 is 0 Å². The van der Waals surface area contributed by atoms with Gasteiger partial charge in [0.1, 0.15) is 0 Å². The zero-order valence-electron chi connectivity index (χ0n) is 13.1. The number of aryl methyl sites for hydroxylation is 1. The Kier molecular flexibility index (Phi) is 3.65. The van der Waals surface area contributed by atoms with Crippen LogP contribution < -0.4 is 0 Å². The Morgan fingerprint density at radius 3 is 2.74 bits per heavy atom. The van der Waals surface area contributed by atoms with E-state index in [4.69, 9.17) is 4.42 Å². The van der Waals surface area contributed by atoms with Crippen LogP contribution in [0.25, 0.3) is 0 Å². The maximum Gasteiger partial charge on any atom is 0.291 e. The lowest BCUT2D eigenvalue weighted by Gasteiger charge is -2.42. The highest BCUT2D eigenvalue weighted by atomic mass is 19.3. The van der Waals surface area contributed by atoms with E-state index in [0.29, 0.717) is 25.2 Å². The Hall–Kier alpha value is -1.99. The highest BCUT2D eigenvalue weighted by Gasteiger charge is 2.57. The molecule has 1 aromatic heterocycles. The second-order valence-corrected chi connectivity index (χ2v) is 6.38. The summed E-state index contributed by atoms with van der Waals surface area (Å²) in [7, 11) is 0. The minimum atomic E-state index is -3.10. The number of hydrogen-bond acceptors (Lipinski definition) is 4. The number of carbonyl (C=O) groups excluding carboxylic acids is 2. The van der Waals surface area contributed by atoms with E-state index in [9.17, 15) is 18.4 Å². The van der Waals surface area contributed by atoms with E-state index in [1.165, 1.54) is 0 Å². The normalized spacial score (nSPS) is 27.0. The number of oxazole rings is 1. The highest BCUT2D eigenvalue weighted by Crippen LogP contribution is 2.45. The summed E-state index contributed by atoms with van der Waals surface area (Å²) >= 11 is 0. The van der Waals surface area contributed by atoms with Crippen molar-refractivity contribution in [1.29, 1.82) is 0 Å². The van der Waals surface area contributed by atoms with Crippen molar-refractivity contribution >= 4 is 11.8 Å². The Bertz CT molecular complexity index is 646. The Balaban J connectivity index is 1.90. The Morgan fingerprint density at radius 1 is 1.43 bits per heavy atom. The van der Waals surface area contributed by atoms with E-state index in [1.54, 1.807) is 11.8 Å². The first-order chi connectivity index (χ1) is 10.8. The van der Waals surface area contributed by atoms with Crippen LogP contribution in [0.15, 0.2) is 10.8 Å². The van der Waals surface area contributed by atoms with Crippen LogP contribution in [0.5, 0.6) is 0 Å². The number of amides is 2. The minimum Gasteiger partial charge on any atom is -0.438 e. The summed E-state index contributed by atoms with van der Waals surface area (Å²) in [5, 5.41) is 0. The number of carbonyl (C=O) groups is 2. The SMILES string of the molecule is CCN1CCC2(CN(C(=O)c3ocnc3C)CC(F)(F)C2)C1=O. The van der Waals surface area contributed by atoms with Gasteiger partial charge in [-0.1, -0.05) is 0 Å². The zero-order valence-corrected chi connectivity index (χ0v) is 13.1. The lowest BCUT2D eigenvalue weighted by Crippen LogP contribution is -2.57. The van der Waals surface area contributed by atoms with E-state index in [-0.39, 0.29) is 18.2 Å². The molecule has 1 spiro atoms. The molecule has 2 amide bonds. The molecular weight excluding hydrogens is 308 g/mol. The molecule has 0 aliphatic carbocycles. The van der Waals surface area contributed by atoms with Crippen molar-refractivity contribution in [3.8, 4) is 0 Å². The molecule has 0 saturated carbocycles. The number of alkyl halides is 2. The molecule has 1 atom stereocenters. The summed E-state index contributed by atoms with van der Waals surface area (Å²) < 4.78 is 33.5. The van der Waals surface area contributed by atoms with Crippen molar-refractivity contribution in [3.63, 3.8) is 0 Å². The predicted octanol–water partition coefficient (Wildman–Crippen LogP) is 1.70. The molecule has 0 N–H and O–H groups in total. The van der Waals surface area contributed by atoms with Gasteiger partial charge in [-0.15, -0.1) is 0 Å². The molecule has 0 bridgehead atoms. The Morgan fingerprint density at radius 2 is 2.17 bits per heavy atom. The second kappa shape index (κ2) is 5.28. The van der Waals surface area contributed by atoms with Crippen LogP contribution in [0.3, 0.4) is 0 Å². The first-order valence-corrected chi connectivity index (χ1v) is 7.64. The molecule has 0 radical (unpaired) electrons. The molecule has 2 saturated heterocycles. The van der Waals surface area contributed by atoms with Crippen molar-refractivity contribution in [2.24, 2.45) is 5.41 Å². The van der Waals surface area contributed by atoms with Crippen molar-refractivity contribution < 1.29 is 22.8 Å². The van der Waals surface area contributed by atoms with Crippen molar-refractivity contribution in [2.45, 2.75) is 32.6 Å². The fraction of sp³-hybridized carbons (Fsp3) is 0.667. The first-order valence-electron chi connectivity index (χ1n) is 7.64. The molecule has 3 rings (SSSR count). The second-order valence-electron chi connectivity index (χ2n) is 6.38. The lowest BCUT2D eigenvalue weighted by atomic mass is 9.77. The van der Waals surface area contributed by atoms with Gasteiger partial charge in [0, 0.05) is 26.1 Å². The van der Waals surface area contributed by atoms with E-state index >= 15 is 0 Å². The molecule has 2 aliphatic heterocycles. The third kappa shape index (κ3) is 2.60. The zero-order chi connectivity index (χ0) is 16.8. The van der Waals surface area contributed by atoms with Crippen molar-refractivity contribution in [3.05, 3.63) is 17.8 Å². The molecule has 3 heterocycles. The van der Waals surface area contributed by atoms with Gasteiger partial charge in [0.25, 0.3) is 11.8 Å². The van der Waals surface area contributed by atoms with Crippen LogP contribution in [0.2, 0.25) is 0 Å². The van der Waals surface area contributed by atoms with E-state index in [2.05, 4.69) is 4.98 Å². The first kappa shape index (κ1) is 15.9. The van der Waals surface area contributed by atoms with Crippen molar-refractivity contribution in [2.75, 3.05) is 26.2 Å². The third-order valence-electron chi connectivity index (χ3n) is 4.72. The lowest BCUT2D eigenvalue weighted by molar-refractivity contribution is -0.151. The van der Waals surface area contributed by atoms with Gasteiger partial charge in [-0.2, -0.15) is 0 Å². The number of aromatic nitrogens is 1. The summed E-state index contributed by atoms with van der Waals surface area (Å²) in [6.07, 6.45) is 0.947. The van der Waals surface area contributed by atoms with Gasteiger partial charge < -0.3 is 14.2 Å². The number of piperidine rings is 1. The average molecular weight is 327 g/mol. The summed E-state index contributed by atoms with van der Waals surface area (Å²) in [6, 6.07) is 0. The quantitative estimate of drug-likeness (QED) is 0.829. The van der Waals surface area contributed by atoms with Gasteiger partial charge in [-0.05, 0) is 20.3 Å². The van der Waals surface area contributed by atoms with Crippen LogP contribution in [0.1, 0.15) is 36.0 Å². The number of rotatable bonds is 2. The number of halogens is 2. The standard InChI is InChI=1S/C15H19F2N3O3/c1-3-19-5-4-14(13(19)22)6-15(16,17)8-20(7-14)12(21)11-10(2)18-9-23-11/h9H,3-8H2,1-2H3. The van der Waals surface area contributed by atoms with E-state index < -0.39 is 30.2 Å². The third-order valence-corrected chi connectivity index (χ3v) is 4.72. The maximum absolute atomic E-state index is 14.2. The molecule has 1 aromatic rings. The topological polar surface area (TPSA) is 66.7 Å². The molecule has 23 heavy (non-hydrogen) atoms. The number of likely N-dealkylation sites (tertiary alicyclic amines) is 2. The minimum absolute atomic E-state index is 0.00308. The van der Waals surface area contributed by atoms with Crippen molar-refractivity contribution in [1.82, 2.24) is 14.8 Å². The van der Waals surface area contributed by atoms with E-state index in [0.717, 1.165) is 11.3 Å². The van der Waals surface area contributed by atoms with Gasteiger partial charge in [0.2, 0.25) is 11.7 Å².